The third-order valence-electron chi connectivity index (χ3n) is 3.94. The molecule has 0 aliphatic heterocycles. The Kier molecular flexibility index (Phi) is 4.68. The third-order valence-corrected chi connectivity index (χ3v) is 3.94. The molecule has 0 radical (unpaired) electrons. The van der Waals surface area contributed by atoms with Gasteiger partial charge in [0.25, 0.3) is 5.91 Å². The lowest BCUT2D eigenvalue weighted by Gasteiger charge is -2.27. The normalized spacial score (nSPS) is 16.0. The number of amides is 2. The van der Waals surface area contributed by atoms with Crippen LogP contribution in [0.25, 0.3) is 0 Å². The molecule has 1 aromatic rings. The number of carbonyl (C=O) groups excluding carboxylic acids is 2. The van der Waals surface area contributed by atoms with E-state index in [9.17, 15) is 22.8 Å². The number of alkyl halides is 3. The maximum Gasteiger partial charge on any atom is 0.416 e. The average molecular weight is 328 g/mol. The molecule has 1 saturated carbocycles. The van der Waals surface area contributed by atoms with E-state index < -0.39 is 29.6 Å². The van der Waals surface area contributed by atoms with Crippen molar-refractivity contribution >= 4 is 11.8 Å². The van der Waals surface area contributed by atoms with Gasteiger partial charge in [0.05, 0.1) is 5.56 Å². The molecule has 7 heteroatoms. The van der Waals surface area contributed by atoms with Crippen molar-refractivity contribution in [1.29, 1.82) is 0 Å². The maximum atomic E-state index is 12.9. The van der Waals surface area contributed by atoms with Crippen LogP contribution in [0.5, 0.6) is 0 Å². The SMILES string of the molecule is Cc1cc(C(=O)N(CC2CC2)[C@@H](C)C(N)=O)cc(C(F)(F)F)c1. The number of carbonyl (C=O) groups is 2. The highest BCUT2D eigenvalue weighted by Crippen LogP contribution is 2.33. The summed E-state index contributed by atoms with van der Waals surface area (Å²) >= 11 is 0. The van der Waals surface area contributed by atoms with Crippen LogP contribution in [0.1, 0.15) is 41.3 Å². The summed E-state index contributed by atoms with van der Waals surface area (Å²) in [6, 6.07) is 2.34. The lowest BCUT2D eigenvalue weighted by atomic mass is 10.0. The van der Waals surface area contributed by atoms with E-state index in [4.69, 9.17) is 5.73 Å². The van der Waals surface area contributed by atoms with E-state index in [-0.39, 0.29) is 11.5 Å². The fourth-order valence-corrected chi connectivity index (χ4v) is 2.39. The van der Waals surface area contributed by atoms with Crippen molar-refractivity contribution in [3.05, 3.63) is 34.9 Å². The Hall–Kier alpha value is -2.05. The highest BCUT2D eigenvalue weighted by atomic mass is 19.4. The molecule has 2 amide bonds. The number of rotatable bonds is 5. The number of nitrogens with zero attached hydrogens (tertiary/aromatic N) is 1. The van der Waals surface area contributed by atoms with Crippen molar-refractivity contribution in [2.75, 3.05) is 6.54 Å². The molecule has 1 fully saturated rings. The van der Waals surface area contributed by atoms with Crippen molar-refractivity contribution in [2.45, 2.75) is 38.9 Å². The summed E-state index contributed by atoms with van der Waals surface area (Å²) in [4.78, 5) is 25.3. The number of hydrogen-bond acceptors (Lipinski definition) is 2. The van der Waals surface area contributed by atoms with Gasteiger partial charge in [-0.1, -0.05) is 0 Å². The van der Waals surface area contributed by atoms with Crippen molar-refractivity contribution in [1.82, 2.24) is 4.90 Å². The molecule has 2 N–H and O–H groups in total. The van der Waals surface area contributed by atoms with Gasteiger partial charge in [-0.2, -0.15) is 13.2 Å². The van der Waals surface area contributed by atoms with Crippen LogP contribution in [0.2, 0.25) is 0 Å². The Bertz CT molecular complexity index is 624. The van der Waals surface area contributed by atoms with E-state index >= 15 is 0 Å². The molecule has 4 nitrogen and oxygen atoms in total. The number of hydrogen-bond donors (Lipinski definition) is 1. The van der Waals surface area contributed by atoms with Crippen molar-refractivity contribution < 1.29 is 22.8 Å². The molecular formula is C16H19F3N2O2. The van der Waals surface area contributed by atoms with Gasteiger partial charge < -0.3 is 10.6 Å². The predicted molar refractivity (Wildman–Crippen MR) is 78.6 cm³/mol. The lowest BCUT2D eigenvalue weighted by Crippen LogP contribution is -2.47. The van der Waals surface area contributed by atoms with Gasteiger partial charge in [-0.3, -0.25) is 9.59 Å². The van der Waals surface area contributed by atoms with Crippen molar-refractivity contribution in [2.24, 2.45) is 11.7 Å². The summed E-state index contributed by atoms with van der Waals surface area (Å²) in [5.41, 5.74) is 4.65. The first-order valence-corrected chi connectivity index (χ1v) is 7.38. The number of halogens is 3. The van der Waals surface area contributed by atoms with Crippen molar-refractivity contribution in [3.63, 3.8) is 0 Å². The summed E-state index contributed by atoms with van der Waals surface area (Å²) in [7, 11) is 0. The van der Waals surface area contributed by atoms with Crippen LogP contribution in [-0.4, -0.2) is 29.3 Å². The van der Waals surface area contributed by atoms with Crippen LogP contribution in [0.4, 0.5) is 13.2 Å². The predicted octanol–water partition coefficient (Wildman–Crippen LogP) is 2.74. The molecule has 0 unspecified atom stereocenters. The molecule has 0 saturated heterocycles. The number of benzene rings is 1. The smallest absolute Gasteiger partial charge is 0.368 e. The fraction of sp³-hybridized carbons (Fsp3) is 0.500. The van der Waals surface area contributed by atoms with Crippen LogP contribution in [-0.2, 0) is 11.0 Å². The standard InChI is InChI=1S/C16H19F3N2O2/c1-9-5-12(7-13(6-9)16(17,18)19)15(23)21(8-11-3-4-11)10(2)14(20)22/h5-7,10-11H,3-4,8H2,1-2H3,(H2,20,22)/t10-/m0/s1. The van der Waals surface area contributed by atoms with Crippen LogP contribution in [0.3, 0.4) is 0 Å². The Morgan fingerprint density at radius 1 is 1.30 bits per heavy atom. The number of aryl methyl sites for hydroxylation is 1. The highest BCUT2D eigenvalue weighted by Gasteiger charge is 2.34. The fourth-order valence-electron chi connectivity index (χ4n) is 2.39. The average Bonchev–Trinajstić information content (AvgIpc) is 3.25. The lowest BCUT2D eigenvalue weighted by molar-refractivity contribution is -0.137. The van der Waals surface area contributed by atoms with Gasteiger partial charge in [0.1, 0.15) is 6.04 Å². The van der Waals surface area contributed by atoms with Gasteiger partial charge in [0.2, 0.25) is 5.91 Å². The van der Waals surface area contributed by atoms with Gasteiger partial charge in [0, 0.05) is 12.1 Å². The van der Waals surface area contributed by atoms with E-state index in [2.05, 4.69) is 0 Å². The molecule has 1 atom stereocenters. The first-order chi connectivity index (χ1) is 10.6. The molecule has 23 heavy (non-hydrogen) atoms. The summed E-state index contributed by atoms with van der Waals surface area (Å²) in [5, 5.41) is 0. The zero-order valence-electron chi connectivity index (χ0n) is 13.0. The molecule has 2 rings (SSSR count). The zero-order valence-corrected chi connectivity index (χ0v) is 13.0. The van der Waals surface area contributed by atoms with E-state index in [1.807, 2.05) is 0 Å². The van der Waals surface area contributed by atoms with Crippen LogP contribution < -0.4 is 5.73 Å². The molecule has 0 spiro atoms. The number of primary amides is 1. The van der Waals surface area contributed by atoms with Crippen LogP contribution >= 0.6 is 0 Å². The van der Waals surface area contributed by atoms with E-state index in [0.29, 0.717) is 12.1 Å². The van der Waals surface area contributed by atoms with Crippen molar-refractivity contribution in [3.8, 4) is 0 Å². The minimum atomic E-state index is -4.53. The van der Waals surface area contributed by atoms with Crippen LogP contribution in [0.15, 0.2) is 18.2 Å². The summed E-state index contributed by atoms with van der Waals surface area (Å²) in [6.45, 7) is 3.32. The Morgan fingerprint density at radius 3 is 2.39 bits per heavy atom. The summed E-state index contributed by atoms with van der Waals surface area (Å²) in [5.74, 6) is -0.993. The minimum absolute atomic E-state index is 0.0777. The quantitative estimate of drug-likeness (QED) is 0.903. The summed E-state index contributed by atoms with van der Waals surface area (Å²) < 4.78 is 38.8. The monoisotopic (exact) mass is 328 g/mol. The Labute approximate surface area is 132 Å². The van der Waals surface area contributed by atoms with E-state index in [1.165, 1.54) is 24.8 Å². The highest BCUT2D eigenvalue weighted by molar-refractivity contribution is 5.97. The molecular weight excluding hydrogens is 309 g/mol. The van der Waals surface area contributed by atoms with Gasteiger partial charge in [-0.15, -0.1) is 0 Å². The topological polar surface area (TPSA) is 63.4 Å². The Balaban J connectivity index is 2.35. The molecule has 0 heterocycles. The summed E-state index contributed by atoms with van der Waals surface area (Å²) in [6.07, 6.45) is -2.65. The van der Waals surface area contributed by atoms with Crippen LogP contribution in [0, 0.1) is 12.8 Å². The Morgan fingerprint density at radius 2 is 1.91 bits per heavy atom. The second kappa shape index (κ2) is 6.22. The molecule has 0 bridgehead atoms. The first-order valence-electron chi connectivity index (χ1n) is 7.38. The molecule has 1 aromatic carbocycles. The van der Waals surface area contributed by atoms with Gasteiger partial charge in [0.15, 0.2) is 0 Å². The van der Waals surface area contributed by atoms with E-state index in [1.54, 1.807) is 0 Å². The molecule has 1 aliphatic carbocycles. The second-order valence-corrected chi connectivity index (χ2v) is 6.06. The molecule has 0 aromatic heterocycles. The minimum Gasteiger partial charge on any atom is -0.368 e. The number of nitrogens with two attached hydrogens (primary N) is 1. The first kappa shape index (κ1) is 17.3. The van der Waals surface area contributed by atoms with Gasteiger partial charge in [-0.05, 0) is 56.4 Å². The van der Waals surface area contributed by atoms with E-state index in [0.717, 1.165) is 25.0 Å². The maximum absolute atomic E-state index is 12.9. The zero-order chi connectivity index (χ0) is 17.4. The molecule has 126 valence electrons. The third kappa shape index (κ3) is 4.24. The largest absolute Gasteiger partial charge is 0.416 e. The van der Waals surface area contributed by atoms with Gasteiger partial charge in [-0.25, -0.2) is 0 Å². The second-order valence-electron chi connectivity index (χ2n) is 6.06. The molecule has 1 aliphatic rings. The van der Waals surface area contributed by atoms with Gasteiger partial charge >= 0.3 is 6.18 Å².